The Morgan fingerprint density at radius 1 is 1.08 bits per heavy atom. The highest BCUT2D eigenvalue weighted by Gasteiger charge is 2.33. The third-order valence-corrected chi connectivity index (χ3v) is 4.51. The Morgan fingerprint density at radius 2 is 1.76 bits per heavy atom. The second kappa shape index (κ2) is 7.66. The van der Waals surface area contributed by atoms with Gasteiger partial charge in [0, 0.05) is 11.6 Å². The lowest BCUT2D eigenvalue weighted by atomic mass is 10.0. The number of carbonyl (C=O) groups is 1. The molecule has 2 aromatic carbocycles. The van der Waals surface area contributed by atoms with Crippen molar-refractivity contribution in [3.05, 3.63) is 58.6 Å². The van der Waals surface area contributed by atoms with E-state index in [4.69, 9.17) is 25.8 Å². The maximum absolute atomic E-state index is 12.1. The second-order valence-electron chi connectivity index (χ2n) is 5.88. The van der Waals surface area contributed by atoms with Crippen molar-refractivity contribution in [2.45, 2.75) is 19.0 Å². The zero-order chi connectivity index (χ0) is 17.8. The third-order valence-electron chi connectivity index (χ3n) is 4.26. The van der Waals surface area contributed by atoms with Gasteiger partial charge in [0.2, 0.25) is 0 Å². The molecule has 0 aliphatic carbocycles. The molecule has 2 aromatic rings. The van der Waals surface area contributed by atoms with Gasteiger partial charge in [0.25, 0.3) is 0 Å². The Labute approximate surface area is 152 Å². The Kier molecular flexibility index (Phi) is 5.34. The fourth-order valence-corrected chi connectivity index (χ4v) is 3.04. The predicted molar refractivity (Wildman–Crippen MR) is 95.4 cm³/mol. The number of amides is 1. The van der Waals surface area contributed by atoms with Crippen molar-refractivity contribution in [1.29, 1.82) is 0 Å². The molecule has 3 rings (SSSR count). The number of halogens is 1. The van der Waals surface area contributed by atoms with Crippen LogP contribution < -0.4 is 9.47 Å². The van der Waals surface area contributed by atoms with Crippen molar-refractivity contribution in [2.24, 2.45) is 0 Å². The minimum absolute atomic E-state index is 0.0266. The molecule has 0 saturated carbocycles. The molecule has 0 aromatic heterocycles. The van der Waals surface area contributed by atoms with Crippen LogP contribution in [0.25, 0.3) is 0 Å². The zero-order valence-electron chi connectivity index (χ0n) is 14.2. The van der Waals surface area contributed by atoms with E-state index in [0.717, 1.165) is 11.1 Å². The standard InChI is InChI=1S/C19H20ClNO4/c1-23-17-8-5-14(10-18(17)24-2)9-16-12-25-19(22)21(16)11-13-3-6-15(20)7-4-13/h3-8,10,16H,9,11-12H2,1-2H3. The number of nitrogens with zero attached hydrogens (tertiary/aromatic N) is 1. The Morgan fingerprint density at radius 3 is 2.44 bits per heavy atom. The van der Waals surface area contributed by atoms with E-state index in [-0.39, 0.29) is 12.1 Å². The second-order valence-corrected chi connectivity index (χ2v) is 6.31. The van der Waals surface area contributed by atoms with Crippen LogP contribution in [0.4, 0.5) is 4.79 Å². The van der Waals surface area contributed by atoms with Crippen LogP contribution in [-0.2, 0) is 17.7 Å². The highest BCUT2D eigenvalue weighted by molar-refractivity contribution is 6.30. The summed E-state index contributed by atoms with van der Waals surface area (Å²) >= 11 is 5.92. The normalized spacial score (nSPS) is 16.7. The van der Waals surface area contributed by atoms with E-state index < -0.39 is 0 Å². The fourth-order valence-electron chi connectivity index (χ4n) is 2.92. The van der Waals surface area contributed by atoms with E-state index >= 15 is 0 Å². The SMILES string of the molecule is COc1ccc(CC2COC(=O)N2Cc2ccc(Cl)cc2)cc1OC. The zero-order valence-corrected chi connectivity index (χ0v) is 15.0. The minimum atomic E-state index is -0.291. The van der Waals surface area contributed by atoms with Crippen molar-refractivity contribution in [2.75, 3.05) is 20.8 Å². The molecule has 5 nitrogen and oxygen atoms in total. The van der Waals surface area contributed by atoms with Crippen molar-refractivity contribution in [3.63, 3.8) is 0 Å². The van der Waals surface area contributed by atoms with Crippen LogP contribution in [-0.4, -0.2) is 37.9 Å². The van der Waals surface area contributed by atoms with Gasteiger partial charge in [-0.2, -0.15) is 0 Å². The first-order valence-electron chi connectivity index (χ1n) is 7.99. The predicted octanol–water partition coefficient (Wildman–Crippen LogP) is 3.92. The highest BCUT2D eigenvalue weighted by Crippen LogP contribution is 2.29. The molecule has 0 spiro atoms. The molecule has 25 heavy (non-hydrogen) atoms. The Hall–Kier alpha value is -2.40. The van der Waals surface area contributed by atoms with Gasteiger partial charge in [-0.25, -0.2) is 4.79 Å². The average Bonchev–Trinajstić information content (AvgIpc) is 2.96. The molecule has 132 valence electrons. The van der Waals surface area contributed by atoms with Crippen LogP contribution in [0.1, 0.15) is 11.1 Å². The van der Waals surface area contributed by atoms with Gasteiger partial charge >= 0.3 is 6.09 Å². The van der Waals surface area contributed by atoms with E-state index in [9.17, 15) is 4.79 Å². The molecule has 0 bridgehead atoms. The Bertz CT molecular complexity index is 748. The van der Waals surface area contributed by atoms with Crippen molar-refractivity contribution in [3.8, 4) is 11.5 Å². The van der Waals surface area contributed by atoms with Crippen LogP contribution >= 0.6 is 11.6 Å². The summed E-state index contributed by atoms with van der Waals surface area (Å²) in [5, 5.41) is 0.676. The van der Waals surface area contributed by atoms with Crippen molar-refractivity contribution >= 4 is 17.7 Å². The number of hydrogen-bond acceptors (Lipinski definition) is 4. The molecule has 1 heterocycles. The van der Waals surface area contributed by atoms with E-state index in [2.05, 4.69) is 0 Å². The average molecular weight is 362 g/mol. The summed E-state index contributed by atoms with van der Waals surface area (Å²) < 4.78 is 15.9. The molecule has 1 atom stereocenters. The van der Waals surface area contributed by atoms with Crippen LogP contribution in [0.5, 0.6) is 11.5 Å². The lowest BCUT2D eigenvalue weighted by Gasteiger charge is -2.22. The van der Waals surface area contributed by atoms with Crippen molar-refractivity contribution < 1.29 is 19.0 Å². The third kappa shape index (κ3) is 3.99. The van der Waals surface area contributed by atoms with E-state index in [1.807, 2.05) is 42.5 Å². The first kappa shape index (κ1) is 17.4. The molecule has 1 saturated heterocycles. The summed E-state index contributed by atoms with van der Waals surface area (Å²) in [4.78, 5) is 13.9. The Balaban J connectivity index is 1.74. The lowest BCUT2D eigenvalue weighted by molar-refractivity contribution is 0.156. The fraction of sp³-hybridized carbons (Fsp3) is 0.316. The molecular weight excluding hydrogens is 342 g/mol. The van der Waals surface area contributed by atoms with E-state index in [0.29, 0.717) is 36.1 Å². The van der Waals surface area contributed by atoms with Gasteiger partial charge in [0.05, 0.1) is 20.3 Å². The number of hydrogen-bond donors (Lipinski definition) is 0. The number of ether oxygens (including phenoxy) is 3. The van der Waals surface area contributed by atoms with Gasteiger partial charge in [-0.05, 0) is 41.8 Å². The number of rotatable bonds is 6. The smallest absolute Gasteiger partial charge is 0.410 e. The molecule has 1 aliphatic heterocycles. The van der Waals surface area contributed by atoms with Gasteiger partial charge < -0.3 is 14.2 Å². The van der Waals surface area contributed by atoms with E-state index in [1.54, 1.807) is 19.1 Å². The molecule has 1 fully saturated rings. The molecule has 1 amide bonds. The molecule has 0 radical (unpaired) electrons. The van der Waals surface area contributed by atoms with Crippen LogP contribution in [0.2, 0.25) is 5.02 Å². The summed E-state index contributed by atoms with van der Waals surface area (Å²) in [6.07, 6.45) is 0.389. The molecule has 0 N–H and O–H groups in total. The maximum Gasteiger partial charge on any atom is 0.410 e. The number of cyclic esters (lactones) is 1. The first-order valence-corrected chi connectivity index (χ1v) is 8.37. The first-order chi connectivity index (χ1) is 12.1. The van der Waals surface area contributed by atoms with Crippen LogP contribution in [0, 0.1) is 0 Å². The molecule has 1 unspecified atom stereocenters. The molecular formula is C19H20ClNO4. The summed E-state index contributed by atoms with van der Waals surface area (Å²) in [6, 6.07) is 13.2. The van der Waals surface area contributed by atoms with E-state index in [1.165, 1.54) is 0 Å². The quantitative estimate of drug-likeness (QED) is 0.782. The minimum Gasteiger partial charge on any atom is -0.493 e. The van der Waals surface area contributed by atoms with Crippen LogP contribution in [0.3, 0.4) is 0 Å². The summed E-state index contributed by atoms with van der Waals surface area (Å²) in [7, 11) is 3.21. The molecule has 6 heteroatoms. The monoisotopic (exact) mass is 361 g/mol. The van der Waals surface area contributed by atoms with Gasteiger partial charge in [-0.1, -0.05) is 29.8 Å². The summed E-state index contributed by atoms with van der Waals surface area (Å²) in [6.45, 7) is 0.870. The van der Waals surface area contributed by atoms with Gasteiger partial charge in [-0.15, -0.1) is 0 Å². The summed E-state index contributed by atoms with van der Waals surface area (Å²) in [5.74, 6) is 1.36. The summed E-state index contributed by atoms with van der Waals surface area (Å²) in [5.41, 5.74) is 2.07. The van der Waals surface area contributed by atoms with Crippen LogP contribution in [0.15, 0.2) is 42.5 Å². The lowest BCUT2D eigenvalue weighted by Crippen LogP contribution is -2.34. The molecule has 1 aliphatic rings. The van der Waals surface area contributed by atoms with Gasteiger partial charge in [0.15, 0.2) is 11.5 Å². The topological polar surface area (TPSA) is 48.0 Å². The number of benzene rings is 2. The van der Waals surface area contributed by atoms with Gasteiger partial charge in [0.1, 0.15) is 6.61 Å². The van der Waals surface area contributed by atoms with Gasteiger partial charge in [-0.3, -0.25) is 4.90 Å². The maximum atomic E-state index is 12.1. The van der Waals surface area contributed by atoms with Crippen molar-refractivity contribution in [1.82, 2.24) is 4.90 Å². The number of carbonyl (C=O) groups excluding carboxylic acids is 1. The number of methoxy groups -OCH3 is 2. The highest BCUT2D eigenvalue weighted by atomic mass is 35.5. The largest absolute Gasteiger partial charge is 0.493 e.